The molecule has 0 spiro atoms. The number of thiophene rings is 1. The molecule has 0 fully saturated rings. The van der Waals surface area contributed by atoms with Crippen molar-refractivity contribution in [3.8, 4) is 16.4 Å². The molecule has 6 heteroatoms. The molecule has 0 radical (unpaired) electrons. The fourth-order valence-electron chi connectivity index (χ4n) is 1.72. The summed E-state index contributed by atoms with van der Waals surface area (Å²) in [4.78, 5) is 1.04. The largest absolute Gasteiger partial charge is 0.266 e. The highest BCUT2D eigenvalue weighted by molar-refractivity contribution is 7.71. The van der Waals surface area contributed by atoms with Gasteiger partial charge in [-0.05, 0) is 35.8 Å². The molecule has 90 valence electrons. The van der Waals surface area contributed by atoms with E-state index in [1.54, 1.807) is 11.3 Å². The first kappa shape index (κ1) is 11.6. The summed E-state index contributed by atoms with van der Waals surface area (Å²) in [6.45, 7) is 0. The lowest BCUT2D eigenvalue weighted by Crippen LogP contribution is -1.97. The van der Waals surface area contributed by atoms with Crippen LogP contribution < -0.4 is 0 Å². The summed E-state index contributed by atoms with van der Waals surface area (Å²) < 4.78 is 2.38. The Morgan fingerprint density at radius 3 is 2.78 bits per heavy atom. The van der Waals surface area contributed by atoms with Gasteiger partial charge in [0, 0.05) is 0 Å². The number of nitrogens with zero attached hydrogens (tertiary/aromatic N) is 2. The Bertz CT molecular complexity index is 728. The van der Waals surface area contributed by atoms with Gasteiger partial charge >= 0.3 is 0 Å². The van der Waals surface area contributed by atoms with Gasteiger partial charge in [-0.1, -0.05) is 29.8 Å². The third-order valence-electron chi connectivity index (χ3n) is 2.51. The maximum atomic E-state index is 6.22. The van der Waals surface area contributed by atoms with E-state index in [9.17, 15) is 0 Å². The summed E-state index contributed by atoms with van der Waals surface area (Å²) in [5.74, 6) is 0.781. The molecule has 1 aromatic carbocycles. The summed E-state index contributed by atoms with van der Waals surface area (Å²) in [6.07, 6.45) is 0. The second-order valence-electron chi connectivity index (χ2n) is 3.62. The summed E-state index contributed by atoms with van der Waals surface area (Å²) in [7, 11) is 0. The normalized spacial score (nSPS) is 10.7. The smallest absolute Gasteiger partial charge is 0.200 e. The Morgan fingerprint density at radius 2 is 2.06 bits per heavy atom. The van der Waals surface area contributed by atoms with E-state index < -0.39 is 0 Å². The Hall–Kier alpha value is -1.43. The van der Waals surface area contributed by atoms with Gasteiger partial charge in [0.2, 0.25) is 0 Å². The van der Waals surface area contributed by atoms with Crippen molar-refractivity contribution in [1.29, 1.82) is 0 Å². The van der Waals surface area contributed by atoms with Gasteiger partial charge in [-0.25, -0.2) is 0 Å². The van der Waals surface area contributed by atoms with Crippen LogP contribution in [0, 0.1) is 4.77 Å². The van der Waals surface area contributed by atoms with Crippen LogP contribution in [0.3, 0.4) is 0 Å². The molecule has 0 aliphatic heterocycles. The molecule has 18 heavy (non-hydrogen) atoms. The molecule has 0 bridgehead atoms. The minimum atomic E-state index is 0.534. The number of H-pyrrole nitrogens is 1. The Labute approximate surface area is 118 Å². The lowest BCUT2D eigenvalue weighted by Gasteiger charge is -2.07. The van der Waals surface area contributed by atoms with Crippen LogP contribution in [-0.2, 0) is 0 Å². The van der Waals surface area contributed by atoms with Crippen LogP contribution in [0.1, 0.15) is 0 Å². The van der Waals surface area contributed by atoms with E-state index in [0.717, 1.165) is 16.4 Å². The van der Waals surface area contributed by atoms with Crippen molar-refractivity contribution in [2.24, 2.45) is 0 Å². The van der Waals surface area contributed by atoms with Gasteiger partial charge in [0.15, 0.2) is 10.6 Å². The summed E-state index contributed by atoms with van der Waals surface area (Å²) in [5.41, 5.74) is 0.835. The van der Waals surface area contributed by atoms with E-state index in [0.29, 0.717) is 9.79 Å². The first-order chi connectivity index (χ1) is 8.77. The fraction of sp³-hybridized carbons (Fsp3) is 0. The zero-order valence-electron chi connectivity index (χ0n) is 9.13. The van der Waals surface area contributed by atoms with Crippen molar-refractivity contribution in [2.45, 2.75) is 0 Å². The lowest BCUT2D eigenvalue weighted by molar-refractivity contribution is 1.04. The Balaban J connectivity index is 2.28. The monoisotopic (exact) mass is 293 g/mol. The predicted octanol–water partition coefficient (Wildman–Crippen LogP) is 4.31. The molecule has 1 N–H and O–H groups in total. The number of halogens is 1. The third-order valence-corrected chi connectivity index (χ3v) is 3.97. The SMILES string of the molecule is S=c1[nH]nc(-c2cccs2)n1-c1ccccc1Cl. The summed E-state index contributed by atoms with van der Waals surface area (Å²) in [5, 5.41) is 9.74. The van der Waals surface area contributed by atoms with Gasteiger partial charge in [-0.15, -0.1) is 11.3 Å². The van der Waals surface area contributed by atoms with E-state index >= 15 is 0 Å². The molecule has 0 saturated heterocycles. The minimum absolute atomic E-state index is 0.534. The minimum Gasteiger partial charge on any atom is -0.266 e. The molecule has 0 saturated carbocycles. The predicted molar refractivity (Wildman–Crippen MR) is 77.1 cm³/mol. The number of benzene rings is 1. The van der Waals surface area contributed by atoms with Gasteiger partial charge in [-0.3, -0.25) is 9.67 Å². The van der Waals surface area contributed by atoms with Gasteiger partial charge in [0.25, 0.3) is 0 Å². The van der Waals surface area contributed by atoms with E-state index in [4.69, 9.17) is 23.8 Å². The molecule has 0 aliphatic rings. The highest BCUT2D eigenvalue weighted by Gasteiger charge is 2.13. The second kappa shape index (κ2) is 4.68. The molecular weight excluding hydrogens is 286 g/mol. The Morgan fingerprint density at radius 1 is 1.22 bits per heavy atom. The van der Waals surface area contributed by atoms with E-state index in [-0.39, 0.29) is 0 Å². The molecular formula is C12H8ClN3S2. The van der Waals surface area contributed by atoms with Crippen molar-refractivity contribution in [1.82, 2.24) is 14.8 Å². The van der Waals surface area contributed by atoms with Crippen LogP contribution in [0.15, 0.2) is 41.8 Å². The van der Waals surface area contributed by atoms with Crippen molar-refractivity contribution in [2.75, 3.05) is 0 Å². The number of nitrogens with one attached hydrogen (secondary N) is 1. The highest BCUT2D eigenvalue weighted by atomic mass is 35.5. The summed E-state index contributed by atoms with van der Waals surface area (Å²) >= 11 is 13.1. The van der Waals surface area contributed by atoms with Crippen molar-refractivity contribution in [3.05, 3.63) is 51.6 Å². The fourth-order valence-corrected chi connectivity index (χ4v) is 2.88. The number of aromatic amines is 1. The Kier molecular flexibility index (Phi) is 3.03. The van der Waals surface area contributed by atoms with E-state index in [1.807, 2.05) is 46.3 Å². The number of aromatic nitrogens is 3. The average molecular weight is 294 g/mol. The first-order valence-electron chi connectivity index (χ1n) is 5.23. The third kappa shape index (κ3) is 1.90. The van der Waals surface area contributed by atoms with Gasteiger partial charge in [0.05, 0.1) is 15.6 Å². The van der Waals surface area contributed by atoms with Crippen LogP contribution in [0.4, 0.5) is 0 Å². The number of rotatable bonds is 2. The van der Waals surface area contributed by atoms with Crippen molar-refractivity contribution < 1.29 is 0 Å². The van der Waals surface area contributed by atoms with Gasteiger partial charge in [0.1, 0.15) is 0 Å². The van der Waals surface area contributed by atoms with Gasteiger partial charge in [-0.2, -0.15) is 5.10 Å². The number of hydrogen-bond acceptors (Lipinski definition) is 3. The zero-order valence-corrected chi connectivity index (χ0v) is 11.5. The lowest BCUT2D eigenvalue weighted by atomic mass is 10.3. The van der Waals surface area contributed by atoms with Crippen LogP contribution in [0.2, 0.25) is 5.02 Å². The molecule has 0 atom stereocenters. The van der Waals surface area contributed by atoms with E-state index in [2.05, 4.69) is 10.2 Å². The van der Waals surface area contributed by atoms with Crippen LogP contribution in [-0.4, -0.2) is 14.8 Å². The highest BCUT2D eigenvalue weighted by Crippen LogP contribution is 2.28. The standard InChI is InChI=1S/C12H8ClN3S2/c13-8-4-1-2-5-9(8)16-11(14-15-12(16)17)10-6-3-7-18-10/h1-7H,(H,15,17). The van der Waals surface area contributed by atoms with Crippen LogP contribution in [0.25, 0.3) is 16.4 Å². The quantitative estimate of drug-likeness (QED) is 0.714. The molecule has 0 unspecified atom stereocenters. The maximum absolute atomic E-state index is 6.22. The molecule has 3 rings (SSSR count). The molecule has 3 aromatic rings. The molecule has 2 aromatic heterocycles. The first-order valence-corrected chi connectivity index (χ1v) is 6.90. The molecule has 2 heterocycles. The average Bonchev–Trinajstić information content (AvgIpc) is 2.99. The second-order valence-corrected chi connectivity index (χ2v) is 5.36. The maximum Gasteiger partial charge on any atom is 0.200 e. The van der Waals surface area contributed by atoms with E-state index in [1.165, 1.54) is 0 Å². The van der Waals surface area contributed by atoms with Crippen molar-refractivity contribution >= 4 is 35.2 Å². The molecule has 0 aliphatic carbocycles. The van der Waals surface area contributed by atoms with Crippen LogP contribution >= 0.6 is 35.2 Å². The molecule has 3 nitrogen and oxygen atoms in total. The zero-order chi connectivity index (χ0) is 12.5. The van der Waals surface area contributed by atoms with Gasteiger partial charge < -0.3 is 0 Å². The van der Waals surface area contributed by atoms with Crippen LogP contribution in [0.5, 0.6) is 0 Å². The van der Waals surface area contributed by atoms with Crippen molar-refractivity contribution in [3.63, 3.8) is 0 Å². The summed E-state index contributed by atoms with van der Waals surface area (Å²) in [6, 6.07) is 11.6. The number of para-hydroxylation sites is 1. The topological polar surface area (TPSA) is 33.6 Å². The molecule has 0 amide bonds. The number of hydrogen-bond donors (Lipinski definition) is 1.